The molecule has 1 aliphatic rings. The van der Waals surface area contributed by atoms with Gasteiger partial charge in [-0.25, -0.2) is 0 Å². The molecule has 38 heavy (non-hydrogen) atoms. The van der Waals surface area contributed by atoms with E-state index >= 15 is 0 Å². The summed E-state index contributed by atoms with van der Waals surface area (Å²) in [7, 11) is 0. The Morgan fingerprint density at radius 2 is 1.66 bits per heavy atom. The number of hydrogen-bond acceptors (Lipinski definition) is 4. The van der Waals surface area contributed by atoms with Gasteiger partial charge in [-0.1, -0.05) is 61.3 Å². The van der Waals surface area contributed by atoms with Crippen molar-refractivity contribution in [2.24, 2.45) is 5.92 Å². The first-order valence-electron chi connectivity index (χ1n) is 12.3. The van der Waals surface area contributed by atoms with Gasteiger partial charge in [-0.15, -0.1) is 0 Å². The lowest BCUT2D eigenvalue weighted by Gasteiger charge is -2.17. The molecule has 198 valence electrons. The van der Waals surface area contributed by atoms with Crippen molar-refractivity contribution < 1.29 is 19.1 Å². The first kappa shape index (κ1) is 27.5. The molecule has 1 atom stereocenters. The van der Waals surface area contributed by atoms with E-state index in [9.17, 15) is 14.4 Å². The van der Waals surface area contributed by atoms with Gasteiger partial charge in [-0.3, -0.25) is 14.4 Å². The molecule has 4 rings (SSSR count). The van der Waals surface area contributed by atoms with Crippen molar-refractivity contribution in [2.75, 3.05) is 23.4 Å². The van der Waals surface area contributed by atoms with Crippen LogP contribution in [0.25, 0.3) is 0 Å². The van der Waals surface area contributed by atoms with Crippen LogP contribution < -0.4 is 20.3 Å². The number of carbonyl (C=O) groups is 3. The maximum Gasteiger partial charge on any atom is 0.262 e. The number of ether oxygens (including phenoxy) is 1. The zero-order chi connectivity index (χ0) is 27.2. The average molecular weight is 554 g/mol. The molecule has 1 fully saturated rings. The number of carbonyl (C=O) groups excluding carboxylic acids is 3. The average Bonchev–Trinajstić information content (AvgIpc) is 3.27. The van der Waals surface area contributed by atoms with Crippen LogP contribution in [0, 0.1) is 5.92 Å². The smallest absolute Gasteiger partial charge is 0.262 e. The van der Waals surface area contributed by atoms with Crippen molar-refractivity contribution in [2.45, 2.75) is 32.7 Å². The van der Waals surface area contributed by atoms with Gasteiger partial charge < -0.3 is 20.3 Å². The minimum Gasteiger partial charge on any atom is -0.484 e. The molecule has 3 aromatic rings. The van der Waals surface area contributed by atoms with Gasteiger partial charge in [-0.2, -0.15) is 0 Å². The van der Waals surface area contributed by atoms with Crippen LogP contribution in [0.4, 0.5) is 11.4 Å². The first-order chi connectivity index (χ1) is 18.2. The maximum absolute atomic E-state index is 12.7. The van der Waals surface area contributed by atoms with E-state index in [0.29, 0.717) is 46.2 Å². The quantitative estimate of drug-likeness (QED) is 0.350. The number of rotatable bonds is 9. The van der Waals surface area contributed by atoms with Crippen LogP contribution in [0.2, 0.25) is 10.0 Å². The molecule has 3 aromatic carbocycles. The fraction of sp³-hybridized carbons (Fsp3) is 0.276. The number of benzene rings is 3. The fourth-order valence-corrected chi connectivity index (χ4v) is 4.71. The summed E-state index contributed by atoms with van der Waals surface area (Å²) in [4.78, 5) is 39.2. The highest BCUT2D eigenvalue weighted by molar-refractivity contribution is 6.35. The van der Waals surface area contributed by atoms with E-state index in [2.05, 4.69) is 36.6 Å². The number of amides is 3. The predicted molar refractivity (Wildman–Crippen MR) is 150 cm³/mol. The van der Waals surface area contributed by atoms with E-state index in [1.807, 2.05) is 12.1 Å². The summed E-state index contributed by atoms with van der Waals surface area (Å²) >= 11 is 11.9. The summed E-state index contributed by atoms with van der Waals surface area (Å²) in [5, 5.41) is 6.45. The molecule has 0 aromatic heterocycles. The molecule has 7 nitrogen and oxygen atoms in total. The molecule has 2 N–H and O–H groups in total. The van der Waals surface area contributed by atoms with E-state index in [4.69, 9.17) is 27.9 Å². The molecule has 0 saturated carbocycles. The van der Waals surface area contributed by atoms with Gasteiger partial charge in [0, 0.05) is 40.9 Å². The lowest BCUT2D eigenvalue weighted by Crippen LogP contribution is -2.32. The Hall–Kier alpha value is -3.55. The highest BCUT2D eigenvalue weighted by Crippen LogP contribution is 2.27. The number of hydrogen-bond donors (Lipinski definition) is 2. The Bertz CT molecular complexity index is 1290. The van der Waals surface area contributed by atoms with Crippen LogP contribution >= 0.6 is 23.2 Å². The number of nitrogens with zero attached hydrogens (tertiary/aromatic N) is 1. The summed E-state index contributed by atoms with van der Waals surface area (Å²) in [5.41, 5.74) is 3.41. The number of halogens is 2. The molecule has 9 heteroatoms. The Kier molecular flexibility index (Phi) is 8.92. The van der Waals surface area contributed by atoms with Crippen LogP contribution in [0.5, 0.6) is 5.75 Å². The van der Waals surface area contributed by atoms with Crippen LogP contribution in [-0.2, 0) is 20.9 Å². The van der Waals surface area contributed by atoms with Gasteiger partial charge in [0.15, 0.2) is 6.61 Å². The fourth-order valence-electron chi connectivity index (χ4n) is 4.18. The summed E-state index contributed by atoms with van der Waals surface area (Å²) in [6, 6.07) is 19.8. The third-order valence-electron chi connectivity index (χ3n) is 6.27. The molecular weight excluding hydrogens is 525 g/mol. The van der Waals surface area contributed by atoms with E-state index in [0.717, 1.165) is 5.56 Å². The highest BCUT2D eigenvalue weighted by atomic mass is 35.5. The predicted octanol–water partition coefficient (Wildman–Crippen LogP) is 5.80. The largest absolute Gasteiger partial charge is 0.484 e. The van der Waals surface area contributed by atoms with Gasteiger partial charge in [0.2, 0.25) is 11.8 Å². The van der Waals surface area contributed by atoms with Crippen molar-refractivity contribution in [1.29, 1.82) is 0 Å². The number of anilines is 2. The zero-order valence-electron chi connectivity index (χ0n) is 21.2. The van der Waals surface area contributed by atoms with E-state index in [1.165, 1.54) is 5.56 Å². The Labute approximate surface area is 232 Å². The summed E-state index contributed by atoms with van der Waals surface area (Å²) < 4.78 is 5.55. The topological polar surface area (TPSA) is 87.7 Å². The van der Waals surface area contributed by atoms with Crippen molar-refractivity contribution in [3.05, 3.63) is 87.9 Å². The molecule has 0 spiro atoms. The Morgan fingerprint density at radius 3 is 2.29 bits per heavy atom. The van der Waals surface area contributed by atoms with Crippen LogP contribution in [0.1, 0.15) is 37.3 Å². The third kappa shape index (κ3) is 7.27. The molecule has 0 radical (unpaired) electrons. The molecule has 1 heterocycles. The molecule has 1 aliphatic heterocycles. The summed E-state index contributed by atoms with van der Waals surface area (Å²) in [6.45, 7) is 4.79. The molecule has 1 saturated heterocycles. The minimum absolute atomic E-state index is 0.111. The zero-order valence-corrected chi connectivity index (χ0v) is 22.7. The monoisotopic (exact) mass is 553 g/mol. The van der Waals surface area contributed by atoms with E-state index in [1.54, 1.807) is 47.4 Å². The molecule has 0 unspecified atom stereocenters. The van der Waals surface area contributed by atoms with Gasteiger partial charge >= 0.3 is 0 Å². The number of nitrogens with one attached hydrogen (secondary N) is 2. The maximum atomic E-state index is 12.7. The van der Waals surface area contributed by atoms with E-state index in [-0.39, 0.29) is 30.7 Å². The molecular formula is C29H29Cl2N3O4. The highest BCUT2D eigenvalue weighted by Gasteiger charge is 2.35. The van der Waals surface area contributed by atoms with Crippen molar-refractivity contribution in [3.63, 3.8) is 0 Å². The first-order valence-corrected chi connectivity index (χ1v) is 13.1. The second-order valence-electron chi connectivity index (χ2n) is 9.51. The minimum atomic E-state index is -0.419. The Morgan fingerprint density at radius 1 is 1.00 bits per heavy atom. The second-order valence-corrected chi connectivity index (χ2v) is 10.4. The van der Waals surface area contributed by atoms with Crippen molar-refractivity contribution in [3.8, 4) is 5.75 Å². The second kappa shape index (κ2) is 12.3. The van der Waals surface area contributed by atoms with Crippen LogP contribution in [0.3, 0.4) is 0 Å². The van der Waals surface area contributed by atoms with Crippen LogP contribution in [0.15, 0.2) is 66.7 Å². The van der Waals surface area contributed by atoms with Crippen molar-refractivity contribution >= 4 is 52.3 Å². The molecule has 0 aliphatic carbocycles. The van der Waals surface area contributed by atoms with Gasteiger partial charge in [0.05, 0.1) is 5.92 Å². The lowest BCUT2D eigenvalue weighted by atomic mass is 10.0. The summed E-state index contributed by atoms with van der Waals surface area (Å²) in [5.74, 6) is -0.115. The molecule has 0 bridgehead atoms. The summed E-state index contributed by atoms with van der Waals surface area (Å²) in [6.07, 6.45) is 0.157. The molecule has 3 amide bonds. The SMILES string of the molecule is CC(C)c1ccc(CNC(=O)[C@@H]2CC(=O)N(c3ccc(OCC(=O)Nc4cc(Cl)cc(Cl)c4)cc3)C2)cc1. The standard InChI is InChI=1S/C29H29Cl2N3O4/c1-18(2)20-5-3-19(4-6-20)15-32-29(37)21-11-28(36)34(16-21)25-7-9-26(10-8-25)38-17-27(35)33-24-13-22(30)12-23(31)14-24/h3-10,12-14,18,21H,11,15-17H2,1-2H3,(H,32,37)(H,33,35)/t21-/m1/s1. The van der Waals surface area contributed by atoms with E-state index < -0.39 is 5.92 Å². The van der Waals surface area contributed by atoms with Gasteiger partial charge in [0.25, 0.3) is 5.91 Å². The van der Waals surface area contributed by atoms with Gasteiger partial charge in [0.1, 0.15) is 5.75 Å². The third-order valence-corrected chi connectivity index (χ3v) is 6.71. The van der Waals surface area contributed by atoms with Gasteiger partial charge in [-0.05, 0) is 59.5 Å². The van der Waals surface area contributed by atoms with Crippen molar-refractivity contribution in [1.82, 2.24) is 5.32 Å². The lowest BCUT2D eigenvalue weighted by molar-refractivity contribution is -0.126. The Balaban J connectivity index is 1.26. The van der Waals surface area contributed by atoms with Crippen LogP contribution in [-0.4, -0.2) is 30.9 Å². The normalized spacial score (nSPS) is 15.0.